The normalized spacial score (nSPS) is 15.3. The van der Waals surface area contributed by atoms with Gasteiger partial charge >= 0.3 is 35.8 Å². The number of allylic oxidation sites excluding steroid dienone is 1. The Morgan fingerprint density at radius 1 is 0.840 bits per heavy atom. The molecule has 0 aliphatic rings. The van der Waals surface area contributed by atoms with E-state index in [1.807, 2.05) is 0 Å². The zero-order valence-electron chi connectivity index (χ0n) is 12.5. The van der Waals surface area contributed by atoms with Crippen LogP contribution in [0.5, 0.6) is 0 Å². The summed E-state index contributed by atoms with van der Waals surface area (Å²) in [6.07, 6.45) is -8.21. The zero-order valence-corrected chi connectivity index (χ0v) is 12.5. The minimum Gasteiger partial charge on any atom is -0.462 e. The quantitative estimate of drug-likeness (QED) is 0.344. The lowest BCUT2D eigenvalue weighted by atomic mass is 9.96. The maximum atomic E-state index is 13.3. The Bertz CT molecular complexity index is 520. The average molecular weight is 396 g/mol. The van der Waals surface area contributed by atoms with Crippen LogP contribution in [-0.4, -0.2) is 42.4 Å². The maximum Gasteiger partial charge on any atom is 0.460 e. The molecule has 0 radical (unpaired) electrons. The van der Waals surface area contributed by atoms with E-state index >= 15 is 0 Å². The third-order valence-corrected chi connectivity index (χ3v) is 2.72. The fourth-order valence-electron chi connectivity index (χ4n) is 1.31. The summed E-state index contributed by atoms with van der Waals surface area (Å²) >= 11 is 0. The number of rotatable bonds is 7. The minimum atomic E-state index is -7.51. The smallest absolute Gasteiger partial charge is 0.460 e. The molecule has 2 nitrogen and oxygen atoms in total. The second-order valence-corrected chi connectivity index (χ2v) is 4.81. The third kappa shape index (κ3) is 4.17. The van der Waals surface area contributed by atoms with Crippen LogP contribution < -0.4 is 0 Å². The molecule has 0 saturated heterocycles. The Labute approximate surface area is 133 Å². The molecule has 25 heavy (non-hydrogen) atoms. The van der Waals surface area contributed by atoms with Crippen LogP contribution in [0.3, 0.4) is 0 Å². The zero-order chi connectivity index (χ0) is 20.5. The van der Waals surface area contributed by atoms with Gasteiger partial charge in [-0.15, -0.1) is 0 Å². The van der Waals surface area contributed by atoms with E-state index < -0.39 is 47.5 Å². The highest BCUT2D eigenvalue weighted by atomic mass is 19.4. The van der Waals surface area contributed by atoms with E-state index in [1.54, 1.807) is 0 Å². The van der Waals surface area contributed by atoms with E-state index in [0.29, 0.717) is 6.92 Å². The fraction of sp³-hybridized carbons (Fsp3) is 0.750. The third-order valence-electron chi connectivity index (χ3n) is 2.72. The molecule has 0 amide bonds. The van der Waals surface area contributed by atoms with Gasteiger partial charge in [0.1, 0.15) is 0 Å². The first-order valence-corrected chi connectivity index (χ1v) is 6.31. The van der Waals surface area contributed by atoms with Crippen LogP contribution in [0.4, 0.5) is 48.3 Å². The van der Waals surface area contributed by atoms with Gasteiger partial charge in [0, 0.05) is 11.6 Å². The number of carbonyl (C=O) groups is 1. The monoisotopic (exact) mass is 396 g/mol. The van der Waals surface area contributed by atoms with E-state index in [-0.39, 0.29) is 13.0 Å². The molecule has 0 aliphatic heterocycles. The minimum absolute atomic E-state index is 0.168. The lowest BCUT2D eigenvalue weighted by molar-refractivity contribution is -0.417. The predicted octanol–water partition coefficient (Wildman–Crippen LogP) is 4.99. The summed E-state index contributed by atoms with van der Waals surface area (Å²) in [5, 5.41) is 0. The molecular weight excluding hydrogens is 385 g/mol. The Kier molecular flexibility index (Phi) is 6.55. The topological polar surface area (TPSA) is 26.3 Å². The van der Waals surface area contributed by atoms with Crippen LogP contribution in [0.15, 0.2) is 11.6 Å². The molecule has 0 bridgehead atoms. The molecule has 0 atom stereocenters. The van der Waals surface area contributed by atoms with Crippen molar-refractivity contribution in [1.82, 2.24) is 0 Å². The van der Waals surface area contributed by atoms with Gasteiger partial charge in [0.2, 0.25) is 0 Å². The molecule has 0 aromatic carbocycles. The SMILES string of the molecule is CCCOC(=O)C(C)=CC(F)(F)C(F)(F)C(F)(F)C(F)(F)C(F)(F)F. The van der Waals surface area contributed by atoms with Crippen LogP contribution in [0.1, 0.15) is 20.3 Å². The molecule has 0 fully saturated rings. The summed E-state index contributed by atoms with van der Waals surface area (Å²) in [7, 11) is 0. The number of ether oxygens (including phenoxy) is 1. The van der Waals surface area contributed by atoms with Gasteiger partial charge in [-0.1, -0.05) is 6.92 Å². The van der Waals surface area contributed by atoms with Crippen molar-refractivity contribution < 1.29 is 57.8 Å². The van der Waals surface area contributed by atoms with Gasteiger partial charge in [-0.2, -0.15) is 48.3 Å². The van der Waals surface area contributed by atoms with Gasteiger partial charge in [-0.3, -0.25) is 0 Å². The summed E-state index contributed by atoms with van der Waals surface area (Å²) in [5.74, 6) is -30.0. The number of carbonyl (C=O) groups excluding carboxylic acids is 1. The van der Waals surface area contributed by atoms with Gasteiger partial charge in [-0.25, -0.2) is 4.79 Å². The van der Waals surface area contributed by atoms with E-state index in [1.165, 1.54) is 6.92 Å². The summed E-state index contributed by atoms with van der Waals surface area (Å²) < 4.78 is 144. The molecule has 0 aromatic rings. The summed E-state index contributed by atoms with van der Waals surface area (Å²) in [6.45, 7) is 1.49. The number of alkyl halides is 11. The highest BCUT2D eigenvalue weighted by Gasteiger charge is 2.86. The van der Waals surface area contributed by atoms with Crippen LogP contribution in [-0.2, 0) is 9.53 Å². The molecular formula is C12H11F11O2. The Balaban J connectivity index is 5.93. The Hall–Kier alpha value is -1.56. The highest BCUT2D eigenvalue weighted by Crippen LogP contribution is 2.57. The van der Waals surface area contributed by atoms with Crippen molar-refractivity contribution in [1.29, 1.82) is 0 Å². The summed E-state index contributed by atoms with van der Waals surface area (Å²) in [5.41, 5.74) is -1.38. The largest absolute Gasteiger partial charge is 0.462 e. The second kappa shape index (κ2) is 6.98. The molecule has 0 unspecified atom stereocenters. The standard InChI is InChI=1S/C12H11F11O2/c1-3-4-25-7(24)6(2)5-8(13,14)9(15,16)10(17,18)11(19,20)12(21,22)23/h5H,3-4H2,1-2H3. The van der Waals surface area contributed by atoms with Gasteiger partial charge in [0.25, 0.3) is 0 Å². The first-order valence-electron chi connectivity index (χ1n) is 6.31. The van der Waals surface area contributed by atoms with E-state index in [2.05, 4.69) is 4.74 Å². The van der Waals surface area contributed by atoms with Gasteiger partial charge in [-0.05, 0) is 13.3 Å². The van der Waals surface area contributed by atoms with Crippen molar-refractivity contribution in [2.24, 2.45) is 0 Å². The van der Waals surface area contributed by atoms with Crippen LogP contribution in [0.2, 0.25) is 0 Å². The van der Waals surface area contributed by atoms with Gasteiger partial charge in [0.05, 0.1) is 6.61 Å². The van der Waals surface area contributed by atoms with Crippen molar-refractivity contribution in [3.63, 3.8) is 0 Å². The van der Waals surface area contributed by atoms with Crippen molar-refractivity contribution in [2.45, 2.75) is 50.1 Å². The molecule has 13 heteroatoms. The molecule has 0 spiro atoms. The van der Waals surface area contributed by atoms with Crippen LogP contribution in [0, 0.1) is 0 Å². The predicted molar refractivity (Wildman–Crippen MR) is 60.9 cm³/mol. The van der Waals surface area contributed by atoms with Gasteiger partial charge < -0.3 is 4.74 Å². The van der Waals surface area contributed by atoms with Crippen molar-refractivity contribution in [2.75, 3.05) is 6.61 Å². The maximum absolute atomic E-state index is 13.3. The first-order chi connectivity index (χ1) is 10.9. The fourth-order valence-corrected chi connectivity index (χ4v) is 1.31. The molecule has 0 heterocycles. The Morgan fingerprint density at radius 3 is 1.64 bits per heavy atom. The Morgan fingerprint density at radius 2 is 1.28 bits per heavy atom. The highest BCUT2D eigenvalue weighted by molar-refractivity contribution is 5.87. The van der Waals surface area contributed by atoms with E-state index in [4.69, 9.17) is 0 Å². The number of hydrogen-bond donors (Lipinski definition) is 0. The lowest BCUT2D eigenvalue weighted by Gasteiger charge is -2.36. The van der Waals surface area contributed by atoms with Crippen LogP contribution >= 0.6 is 0 Å². The number of esters is 1. The summed E-state index contributed by atoms with van der Waals surface area (Å²) in [6, 6.07) is 0. The average Bonchev–Trinajstić information content (AvgIpc) is 2.42. The van der Waals surface area contributed by atoms with Crippen molar-refractivity contribution in [3.05, 3.63) is 11.6 Å². The van der Waals surface area contributed by atoms with Crippen molar-refractivity contribution in [3.8, 4) is 0 Å². The lowest BCUT2D eigenvalue weighted by Crippen LogP contribution is -2.66. The van der Waals surface area contributed by atoms with E-state index in [0.717, 1.165) is 0 Å². The number of halogens is 11. The molecule has 0 N–H and O–H groups in total. The molecule has 0 aromatic heterocycles. The summed E-state index contributed by atoms with van der Waals surface area (Å²) in [4.78, 5) is 11.1. The molecule has 0 saturated carbocycles. The first kappa shape index (κ1) is 23.4. The number of hydrogen-bond acceptors (Lipinski definition) is 2. The molecule has 148 valence electrons. The molecule has 0 rings (SSSR count). The molecule has 0 aliphatic carbocycles. The van der Waals surface area contributed by atoms with Crippen LogP contribution in [0.25, 0.3) is 0 Å². The second-order valence-electron chi connectivity index (χ2n) is 4.81. The van der Waals surface area contributed by atoms with Gasteiger partial charge in [0.15, 0.2) is 0 Å². The van der Waals surface area contributed by atoms with E-state index in [9.17, 15) is 53.1 Å². The van der Waals surface area contributed by atoms with Crippen molar-refractivity contribution >= 4 is 5.97 Å².